The Bertz CT molecular complexity index is 366. The lowest BCUT2D eigenvalue weighted by atomic mass is 9.85. The summed E-state index contributed by atoms with van der Waals surface area (Å²) in [6.45, 7) is 0. The average molecular weight is 276 g/mol. The second-order valence-corrected chi connectivity index (χ2v) is 6.25. The number of phenolic OH excluding ortho intramolecular Hbond substituents is 1. The zero-order chi connectivity index (χ0) is 14.2. The summed E-state index contributed by atoms with van der Waals surface area (Å²) in [6.07, 6.45) is 12.7. The van der Waals surface area contributed by atoms with Crippen molar-refractivity contribution < 1.29 is 10.2 Å². The first-order valence-electron chi connectivity index (χ1n) is 8.22. The Morgan fingerprint density at radius 1 is 0.950 bits per heavy atom. The third kappa shape index (κ3) is 5.16. The van der Waals surface area contributed by atoms with Crippen LogP contribution in [0.3, 0.4) is 0 Å². The van der Waals surface area contributed by atoms with Gasteiger partial charge in [0, 0.05) is 0 Å². The highest BCUT2D eigenvalue weighted by molar-refractivity contribution is 5.27. The number of hydrogen-bond donors (Lipinski definition) is 2. The van der Waals surface area contributed by atoms with E-state index in [4.69, 9.17) is 0 Å². The standard InChI is InChI=1S/C18H28O2/c19-17-13-11-16(12-14-17)18(20)10-6-2-5-9-15-7-3-1-4-8-15/h11-15,18-20H,1-10H2. The van der Waals surface area contributed by atoms with Crippen LogP contribution in [0.1, 0.15) is 75.9 Å². The molecular formula is C18H28O2. The molecule has 1 unspecified atom stereocenters. The highest BCUT2D eigenvalue weighted by Gasteiger charge is 2.13. The Kier molecular flexibility index (Phi) is 6.38. The molecule has 1 aromatic carbocycles. The molecule has 1 saturated carbocycles. The smallest absolute Gasteiger partial charge is 0.115 e. The molecule has 1 atom stereocenters. The van der Waals surface area contributed by atoms with E-state index in [-0.39, 0.29) is 11.9 Å². The fraction of sp³-hybridized carbons (Fsp3) is 0.667. The van der Waals surface area contributed by atoms with Crippen molar-refractivity contribution in [3.05, 3.63) is 29.8 Å². The van der Waals surface area contributed by atoms with Crippen LogP contribution in [0.4, 0.5) is 0 Å². The van der Waals surface area contributed by atoms with E-state index >= 15 is 0 Å². The molecule has 0 aromatic heterocycles. The molecule has 2 N–H and O–H groups in total. The Balaban J connectivity index is 1.57. The van der Waals surface area contributed by atoms with E-state index in [0.717, 1.165) is 24.3 Å². The molecule has 0 saturated heterocycles. The predicted octanol–water partition coefficient (Wildman–Crippen LogP) is 4.96. The van der Waals surface area contributed by atoms with E-state index in [2.05, 4.69) is 0 Å². The van der Waals surface area contributed by atoms with Crippen LogP contribution in [0.15, 0.2) is 24.3 Å². The fourth-order valence-electron chi connectivity index (χ4n) is 3.29. The summed E-state index contributed by atoms with van der Waals surface area (Å²) in [7, 11) is 0. The monoisotopic (exact) mass is 276 g/mol. The van der Waals surface area contributed by atoms with Crippen LogP contribution in [-0.4, -0.2) is 10.2 Å². The lowest BCUT2D eigenvalue weighted by molar-refractivity contribution is 0.163. The summed E-state index contributed by atoms with van der Waals surface area (Å²) in [6, 6.07) is 6.90. The quantitative estimate of drug-likeness (QED) is 0.691. The van der Waals surface area contributed by atoms with Gasteiger partial charge in [-0.1, -0.05) is 69.9 Å². The Morgan fingerprint density at radius 2 is 1.65 bits per heavy atom. The molecule has 1 aliphatic carbocycles. The zero-order valence-corrected chi connectivity index (χ0v) is 12.4. The molecule has 1 fully saturated rings. The maximum absolute atomic E-state index is 10.1. The molecule has 2 rings (SSSR count). The van der Waals surface area contributed by atoms with Gasteiger partial charge >= 0.3 is 0 Å². The molecule has 0 amide bonds. The first kappa shape index (κ1) is 15.4. The number of rotatable bonds is 7. The minimum absolute atomic E-state index is 0.258. The van der Waals surface area contributed by atoms with E-state index in [1.54, 1.807) is 12.1 Å². The molecule has 0 radical (unpaired) electrons. The number of hydrogen-bond acceptors (Lipinski definition) is 2. The van der Waals surface area contributed by atoms with Crippen molar-refractivity contribution in [2.24, 2.45) is 5.92 Å². The van der Waals surface area contributed by atoms with Crippen molar-refractivity contribution in [2.45, 2.75) is 70.3 Å². The minimum atomic E-state index is -0.384. The summed E-state index contributed by atoms with van der Waals surface area (Å²) in [5, 5.41) is 19.3. The van der Waals surface area contributed by atoms with Gasteiger partial charge in [0.05, 0.1) is 6.10 Å². The van der Waals surface area contributed by atoms with Gasteiger partial charge < -0.3 is 10.2 Å². The summed E-state index contributed by atoms with van der Waals surface area (Å²) in [5.74, 6) is 1.24. The fourth-order valence-corrected chi connectivity index (χ4v) is 3.29. The molecule has 2 heteroatoms. The first-order chi connectivity index (χ1) is 9.75. The summed E-state index contributed by atoms with van der Waals surface area (Å²) in [4.78, 5) is 0. The van der Waals surface area contributed by atoms with Gasteiger partial charge in [-0.3, -0.25) is 0 Å². The van der Waals surface area contributed by atoms with Crippen molar-refractivity contribution in [2.75, 3.05) is 0 Å². The molecule has 0 bridgehead atoms. The Labute approximate surface area is 122 Å². The van der Waals surface area contributed by atoms with Gasteiger partial charge in [-0.2, -0.15) is 0 Å². The Morgan fingerprint density at radius 3 is 2.35 bits per heavy atom. The molecule has 0 spiro atoms. The second kappa shape index (κ2) is 8.31. The summed E-state index contributed by atoms with van der Waals surface area (Å²) >= 11 is 0. The number of phenols is 1. The van der Waals surface area contributed by atoms with Crippen molar-refractivity contribution in [1.29, 1.82) is 0 Å². The second-order valence-electron chi connectivity index (χ2n) is 6.25. The average Bonchev–Trinajstić information content (AvgIpc) is 2.48. The van der Waals surface area contributed by atoms with E-state index in [1.807, 2.05) is 12.1 Å². The molecular weight excluding hydrogens is 248 g/mol. The van der Waals surface area contributed by atoms with E-state index < -0.39 is 0 Å². The van der Waals surface area contributed by atoms with Gasteiger partial charge in [-0.05, 0) is 30.0 Å². The van der Waals surface area contributed by atoms with Crippen molar-refractivity contribution in [3.63, 3.8) is 0 Å². The maximum atomic E-state index is 10.1. The number of aromatic hydroxyl groups is 1. The van der Waals surface area contributed by atoms with Crippen LogP contribution in [0.25, 0.3) is 0 Å². The van der Waals surface area contributed by atoms with Gasteiger partial charge in [0.1, 0.15) is 5.75 Å². The van der Waals surface area contributed by atoms with Crippen LogP contribution >= 0.6 is 0 Å². The van der Waals surface area contributed by atoms with Crippen LogP contribution in [0.2, 0.25) is 0 Å². The molecule has 0 heterocycles. The largest absolute Gasteiger partial charge is 0.508 e. The Hall–Kier alpha value is -1.02. The topological polar surface area (TPSA) is 40.5 Å². The first-order valence-corrected chi connectivity index (χ1v) is 8.22. The van der Waals surface area contributed by atoms with Gasteiger partial charge in [-0.15, -0.1) is 0 Å². The van der Waals surface area contributed by atoms with Gasteiger partial charge in [-0.25, -0.2) is 0 Å². The van der Waals surface area contributed by atoms with Crippen LogP contribution < -0.4 is 0 Å². The minimum Gasteiger partial charge on any atom is -0.508 e. The van der Waals surface area contributed by atoms with Crippen molar-refractivity contribution >= 4 is 0 Å². The SMILES string of the molecule is Oc1ccc(C(O)CCCCCC2CCCCC2)cc1. The lowest BCUT2D eigenvalue weighted by Crippen LogP contribution is -2.05. The van der Waals surface area contributed by atoms with Crippen LogP contribution in [-0.2, 0) is 0 Å². The van der Waals surface area contributed by atoms with Crippen molar-refractivity contribution in [3.8, 4) is 5.75 Å². The highest BCUT2D eigenvalue weighted by atomic mass is 16.3. The van der Waals surface area contributed by atoms with Crippen LogP contribution in [0, 0.1) is 5.92 Å². The normalized spacial score (nSPS) is 18.1. The summed E-state index contributed by atoms with van der Waals surface area (Å²) < 4.78 is 0. The third-order valence-electron chi connectivity index (χ3n) is 4.59. The predicted molar refractivity (Wildman–Crippen MR) is 82.7 cm³/mol. The van der Waals surface area contributed by atoms with Gasteiger partial charge in [0.2, 0.25) is 0 Å². The van der Waals surface area contributed by atoms with Gasteiger partial charge in [0.15, 0.2) is 0 Å². The van der Waals surface area contributed by atoms with E-state index in [0.29, 0.717) is 0 Å². The molecule has 0 aliphatic heterocycles. The zero-order valence-electron chi connectivity index (χ0n) is 12.4. The molecule has 112 valence electrons. The van der Waals surface area contributed by atoms with E-state index in [9.17, 15) is 10.2 Å². The lowest BCUT2D eigenvalue weighted by Gasteiger charge is -2.21. The summed E-state index contributed by atoms with van der Waals surface area (Å²) in [5.41, 5.74) is 0.912. The molecule has 1 aromatic rings. The van der Waals surface area contributed by atoms with Gasteiger partial charge in [0.25, 0.3) is 0 Å². The molecule has 2 nitrogen and oxygen atoms in total. The number of aliphatic hydroxyl groups is 1. The number of unbranched alkanes of at least 4 members (excludes halogenated alkanes) is 2. The number of benzene rings is 1. The molecule has 1 aliphatic rings. The third-order valence-corrected chi connectivity index (χ3v) is 4.59. The number of aliphatic hydroxyl groups excluding tert-OH is 1. The molecule has 20 heavy (non-hydrogen) atoms. The van der Waals surface area contributed by atoms with Crippen LogP contribution in [0.5, 0.6) is 5.75 Å². The van der Waals surface area contributed by atoms with E-state index in [1.165, 1.54) is 51.4 Å². The van der Waals surface area contributed by atoms with Crippen molar-refractivity contribution in [1.82, 2.24) is 0 Å². The maximum Gasteiger partial charge on any atom is 0.115 e. The highest BCUT2D eigenvalue weighted by Crippen LogP contribution is 2.28.